The molecule has 0 aliphatic carbocycles. The lowest BCUT2D eigenvalue weighted by atomic mass is 10.1. The van der Waals surface area contributed by atoms with E-state index in [0.29, 0.717) is 13.0 Å². The summed E-state index contributed by atoms with van der Waals surface area (Å²) in [4.78, 5) is 0. The molecule has 2 nitrogen and oxygen atoms in total. The smallest absolute Gasteiger partial charge is 0.120 e. The first-order valence-electron chi connectivity index (χ1n) is 3.83. The zero-order chi connectivity index (χ0) is 8.74. The molecule has 0 rings (SSSR count). The molecule has 0 radical (unpaired) electrons. The topological polar surface area (TPSA) is 35.2 Å². The molecule has 0 bridgehead atoms. The highest BCUT2D eigenvalue weighted by atomic mass is 16.5. The predicted molar refractivity (Wildman–Crippen MR) is 48.2 cm³/mol. The Labute approximate surface area is 68.7 Å². The van der Waals surface area contributed by atoms with Crippen LogP contribution in [-0.2, 0) is 4.74 Å². The summed E-state index contributed by atoms with van der Waals surface area (Å²) < 4.78 is 5.36. The third-order valence-electron chi connectivity index (χ3n) is 1.58. The van der Waals surface area contributed by atoms with Gasteiger partial charge in [0, 0.05) is 6.42 Å². The zero-order valence-electron chi connectivity index (χ0n) is 7.18. The van der Waals surface area contributed by atoms with Crippen LogP contribution in [0.1, 0.15) is 19.8 Å². The van der Waals surface area contributed by atoms with Crippen molar-refractivity contribution in [2.24, 2.45) is 5.73 Å². The van der Waals surface area contributed by atoms with Gasteiger partial charge in [-0.3, -0.25) is 0 Å². The fourth-order valence-electron chi connectivity index (χ4n) is 0.775. The Morgan fingerprint density at radius 3 is 2.45 bits per heavy atom. The van der Waals surface area contributed by atoms with Crippen LogP contribution in [0.2, 0.25) is 0 Å². The summed E-state index contributed by atoms with van der Waals surface area (Å²) in [5.74, 6) is 0. The molecule has 2 N–H and O–H groups in total. The van der Waals surface area contributed by atoms with Crippen molar-refractivity contribution in [3.05, 3.63) is 25.3 Å². The van der Waals surface area contributed by atoms with E-state index in [2.05, 4.69) is 13.2 Å². The maximum absolute atomic E-state index is 5.85. The van der Waals surface area contributed by atoms with Crippen molar-refractivity contribution < 1.29 is 4.74 Å². The number of hydrogen-bond acceptors (Lipinski definition) is 2. The minimum absolute atomic E-state index is 0.498. The van der Waals surface area contributed by atoms with Crippen molar-refractivity contribution in [1.82, 2.24) is 0 Å². The molecule has 0 amide bonds. The summed E-state index contributed by atoms with van der Waals surface area (Å²) in [5.41, 5.74) is 5.31. The van der Waals surface area contributed by atoms with Crippen LogP contribution < -0.4 is 5.73 Å². The highest BCUT2D eigenvalue weighted by Crippen LogP contribution is 2.13. The lowest BCUT2D eigenvalue weighted by Gasteiger charge is -2.26. The number of nitrogens with two attached hydrogens (primary N) is 1. The fourth-order valence-corrected chi connectivity index (χ4v) is 0.775. The van der Waals surface area contributed by atoms with E-state index >= 15 is 0 Å². The van der Waals surface area contributed by atoms with Crippen LogP contribution in [0.3, 0.4) is 0 Å². The Morgan fingerprint density at radius 1 is 1.45 bits per heavy atom. The van der Waals surface area contributed by atoms with Gasteiger partial charge in [-0.2, -0.15) is 0 Å². The molecule has 64 valence electrons. The molecule has 11 heavy (non-hydrogen) atoms. The SMILES string of the molecule is C=CCOC(N)(CC)CC=C. The maximum atomic E-state index is 5.85. The standard InChI is InChI=1S/C9H17NO/c1-4-7-9(10,6-3)11-8-5-2/h4-5H,1-2,6-8,10H2,3H3. The van der Waals surface area contributed by atoms with Gasteiger partial charge in [-0.05, 0) is 6.42 Å². The molecule has 0 saturated heterocycles. The third-order valence-corrected chi connectivity index (χ3v) is 1.58. The largest absolute Gasteiger partial charge is 0.357 e. The van der Waals surface area contributed by atoms with E-state index in [1.54, 1.807) is 12.2 Å². The molecule has 2 heteroatoms. The van der Waals surface area contributed by atoms with Crippen molar-refractivity contribution in [2.75, 3.05) is 6.61 Å². The second-order valence-electron chi connectivity index (χ2n) is 2.51. The van der Waals surface area contributed by atoms with E-state index in [1.807, 2.05) is 6.92 Å². The van der Waals surface area contributed by atoms with Crippen LogP contribution in [-0.4, -0.2) is 12.3 Å². The van der Waals surface area contributed by atoms with Crippen molar-refractivity contribution in [1.29, 1.82) is 0 Å². The Hall–Kier alpha value is -0.600. The summed E-state index contributed by atoms with van der Waals surface area (Å²) in [6.45, 7) is 9.66. The van der Waals surface area contributed by atoms with Crippen molar-refractivity contribution in [3.8, 4) is 0 Å². The predicted octanol–water partition coefficient (Wildman–Crippen LogP) is 1.83. The molecule has 0 aliphatic rings. The number of hydrogen-bond donors (Lipinski definition) is 1. The summed E-state index contributed by atoms with van der Waals surface area (Å²) in [6.07, 6.45) is 4.93. The number of rotatable bonds is 6. The second-order valence-corrected chi connectivity index (χ2v) is 2.51. The molecule has 0 spiro atoms. The summed E-state index contributed by atoms with van der Waals surface area (Å²) in [6, 6.07) is 0. The van der Waals surface area contributed by atoms with Gasteiger partial charge >= 0.3 is 0 Å². The van der Waals surface area contributed by atoms with Gasteiger partial charge in [0.2, 0.25) is 0 Å². The molecule has 0 aliphatic heterocycles. The Kier molecular flexibility index (Phi) is 4.83. The first-order chi connectivity index (χ1) is 5.18. The molecule has 0 saturated carbocycles. The van der Waals surface area contributed by atoms with Gasteiger partial charge in [0.1, 0.15) is 5.72 Å². The normalized spacial score (nSPS) is 15.5. The Morgan fingerprint density at radius 2 is 2.09 bits per heavy atom. The summed E-state index contributed by atoms with van der Waals surface area (Å²) in [5, 5.41) is 0. The average Bonchev–Trinajstić information content (AvgIpc) is 2.02. The molecular formula is C9H17NO. The zero-order valence-corrected chi connectivity index (χ0v) is 7.18. The molecule has 1 atom stereocenters. The number of ether oxygens (including phenoxy) is 1. The minimum atomic E-state index is -0.546. The quantitative estimate of drug-likeness (QED) is 0.469. The van der Waals surface area contributed by atoms with E-state index in [9.17, 15) is 0 Å². The van der Waals surface area contributed by atoms with E-state index < -0.39 is 5.72 Å². The lowest BCUT2D eigenvalue weighted by molar-refractivity contribution is -0.0267. The highest BCUT2D eigenvalue weighted by molar-refractivity contribution is 4.83. The fraction of sp³-hybridized carbons (Fsp3) is 0.556. The monoisotopic (exact) mass is 155 g/mol. The molecule has 0 aromatic rings. The van der Waals surface area contributed by atoms with Crippen LogP contribution in [0, 0.1) is 0 Å². The van der Waals surface area contributed by atoms with Gasteiger partial charge in [0.15, 0.2) is 0 Å². The van der Waals surface area contributed by atoms with E-state index in [4.69, 9.17) is 10.5 Å². The van der Waals surface area contributed by atoms with Crippen LogP contribution >= 0.6 is 0 Å². The van der Waals surface area contributed by atoms with Gasteiger partial charge in [-0.25, -0.2) is 0 Å². The first kappa shape index (κ1) is 10.4. The van der Waals surface area contributed by atoms with E-state index in [0.717, 1.165) is 6.42 Å². The van der Waals surface area contributed by atoms with Crippen molar-refractivity contribution >= 4 is 0 Å². The highest BCUT2D eigenvalue weighted by Gasteiger charge is 2.20. The summed E-state index contributed by atoms with van der Waals surface area (Å²) in [7, 11) is 0. The summed E-state index contributed by atoms with van der Waals surface area (Å²) >= 11 is 0. The Bertz CT molecular complexity index is 134. The maximum Gasteiger partial charge on any atom is 0.120 e. The van der Waals surface area contributed by atoms with Gasteiger partial charge in [0.05, 0.1) is 6.61 Å². The third kappa shape index (κ3) is 3.96. The first-order valence-corrected chi connectivity index (χ1v) is 3.83. The Balaban J connectivity index is 3.86. The van der Waals surface area contributed by atoms with E-state index in [-0.39, 0.29) is 0 Å². The van der Waals surface area contributed by atoms with Crippen LogP contribution in [0.15, 0.2) is 25.3 Å². The molecule has 0 aromatic carbocycles. The lowest BCUT2D eigenvalue weighted by Crippen LogP contribution is -2.41. The van der Waals surface area contributed by atoms with Gasteiger partial charge in [-0.15, -0.1) is 13.2 Å². The minimum Gasteiger partial charge on any atom is -0.357 e. The van der Waals surface area contributed by atoms with Crippen molar-refractivity contribution in [2.45, 2.75) is 25.5 Å². The van der Waals surface area contributed by atoms with Gasteiger partial charge in [0.25, 0.3) is 0 Å². The van der Waals surface area contributed by atoms with Crippen LogP contribution in [0.5, 0.6) is 0 Å². The van der Waals surface area contributed by atoms with E-state index in [1.165, 1.54) is 0 Å². The van der Waals surface area contributed by atoms with Crippen LogP contribution in [0.25, 0.3) is 0 Å². The van der Waals surface area contributed by atoms with Crippen LogP contribution in [0.4, 0.5) is 0 Å². The van der Waals surface area contributed by atoms with Crippen molar-refractivity contribution in [3.63, 3.8) is 0 Å². The molecule has 0 heterocycles. The molecule has 0 fully saturated rings. The average molecular weight is 155 g/mol. The second kappa shape index (κ2) is 5.10. The molecule has 1 unspecified atom stereocenters. The molecule has 0 aromatic heterocycles. The molecular weight excluding hydrogens is 138 g/mol. The van der Waals surface area contributed by atoms with Gasteiger partial charge in [-0.1, -0.05) is 19.1 Å². The van der Waals surface area contributed by atoms with Gasteiger partial charge < -0.3 is 10.5 Å².